The lowest BCUT2D eigenvalue weighted by Gasteiger charge is -2.11. The second-order valence-corrected chi connectivity index (χ2v) is 5.39. The van der Waals surface area contributed by atoms with E-state index in [1.807, 2.05) is 30.3 Å². The Labute approximate surface area is 139 Å². The summed E-state index contributed by atoms with van der Waals surface area (Å²) in [5, 5.41) is 11.3. The van der Waals surface area contributed by atoms with Crippen molar-refractivity contribution < 1.29 is 14.7 Å². The summed E-state index contributed by atoms with van der Waals surface area (Å²) in [6, 6.07) is 10.6. The van der Waals surface area contributed by atoms with Crippen LogP contribution in [-0.2, 0) is 6.54 Å². The maximum atomic E-state index is 12.5. The van der Waals surface area contributed by atoms with Gasteiger partial charge in [0.15, 0.2) is 5.78 Å². The molecule has 1 heterocycles. The molecule has 0 aliphatic heterocycles. The number of hydrogen-bond acceptors (Lipinski definition) is 4. The summed E-state index contributed by atoms with van der Waals surface area (Å²) in [6.07, 6.45) is 1.97. The van der Waals surface area contributed by atoms with Crippen molar-refractivity contribution in [3.63, 3.8) is 0 Å². The normalized spacial score (nSPS) is 10.4. The van der Waals surface area contributed by atoms with Gasteiger partial charge in [-0.1, -0.05) is 30.3 Å². The van der Waals surface area contributed by atoms with Crippen LogP contribution in [0.4, 0.5) is 0 Å². The number of nitrogens with zero attached hydrogens (tertiary/aromatic N) is 1. The number of carbonyl (C=O) groups excluding carboxylic acids is 2. The maximum absolute atomic E-state index is 12.5. The zero-order valence-corrected chi connectivity index (χ0v) is 13.5. The molecule has 0 saturated carbocycles. The lowest BCUT2D eigenvalue weighted by Crippen LogP contribution is -2.32. The van der Waals surface area contributed by atoms with Crippen LogP contribution in [0.25, 0.3) is 0 Å². The first-order chi connectivity index (χ1) is 11.6. The third kappa shape index (κ3) is 4.17. The minimum atomic E-state index is -0.529. The fourth-order valence-corrected chi connectivity index (χ4v) is 2.37. The van der Waals surface area contributed by atoms with E-state index < -0.39 is 11.5 Å². The molecule has 0 unspecified atom stereocenters. The topological polar surface area (TPSA) is 88.4 Å². The van der Waals surface area contributed by atoms with Gasteiger partial charge in [-0.15, -0.1) is 0 Å². The predicted octanol–water partition coefficient (Wildman–Crippen LogP) is 1.21. The molecule has 2 aromatic rings. The molecule has 0 saturated heterocycles. The molecule has 2 N–H and O–H groups in total. The van der Waals surface area contributed by atoms with Crippen LogP contribution in [0.2, 0.25) is 0 Å². The second kappa shape index (κ2) is 8.21. The molecule has 0 fully saturated rings. The highest BCUT2D eigenvalue weighted by Gasteiger charge is 2.16. The van der Waals surface area contributed by atoms with Gasteiger partial charge >= 0.3 is 0 Å². The number of Topliss-reactive ketones (excluding diaryl/α,β-unsaturated/α-hetero) is 1. The van der Waals surface area contributed by atoms with Gasteiger partial charge in [-0.05, 0) is 18.1 Å². The minimum Gasteiger partial charge on any atom is -0.396 e. The number of carbonyl (C=O) groups is 2. The van der Waals surface area contributed by atoms with Crippen molar-refractivity contribution in [2.45, 2.75) is 19.4 Å². The Bertz CT molecular complexity index is 781. The first kappa shape index (κ1) is 17.6. The van der Waals surface area contributed by atoms with E-state index in [4.69, 9.17) is 5.11 Å². The standard InChI is InChI=1S/C18H20N2O4/c1-19-17(23)15-10-14(16(22)8-5-9-21)12-20(18(15)24)11-13-6-3-2-4-7-13/h2-4,6-7,10,12,21H,5,8-9,11H2,1H3,(H,19,23). The summed E-state index contributed by atoms with van der Waals surface area (Å²) in [7, 11) is 1.43. The van der Waals surface area contributed by atoms with Crippen LogP contribution < -0.4 is 10.9 Å². The van der Waals surface area contributed by atoms with Gasteiger partial charge in [-0.3, -0.25) is 14.4 Å². The summed E-state index contributed by atoms with van der Waals surface area (Å²) in [6.45, 7) is 0.183. The molecule has 0 bridgehead atoms. The lowest BCUT2D eigenvalue weighted by molar-refractivity contribution is 0.0961. The molecule has 2 rings (SSSR count). The number of aliphatic hydroxyl groups excluding tert-OH is 1. The Morgan fingerprint density at radius 2 is 1.92 bits per heavy atom. The molecule has 24 heavy (non-hydrogen) atoms. The van der Waals surface area contributed by atoms with E-state index in [1.165, 1.54) is 23.9 Å². The molecular formula is C18H20N2O4. The highest BCUT2D eigenvalue weighted by Crippen LogP contribution is 2.09. The smallest absolute Gasteiger partial charge is 0.263 e. The van der Waals surface area contributed by atoms with Gasteiger partial charge in [0, 0.05) is 31.8 Å². The number of ketones is 1. The molecule has 126 valence electrons. The van der Waals surface area contributed by atoms with Gasteiger partial charge in [-0.2, -0.15) is 0 Å². The van der Waals surface area contributed by atoms with Gasteiger partial charge in [0.2, 0.25) is 0 Å². The van der Waals surface area contributed by atoms with Crippen LogP contribution in [0, 0.1) is 0 Å². The van der Waals surface area contributed by atoms with E-state index in [9.17, 15) is 14.4 Å². The molecule has 1 aromatic heterocycles. The van der Waals surface area contributed by atoms with Crippen LogP contribution >= 0.6 is 0 Å². The summed E-state index contributed by atoms with van der Waals surface area (Å²) < 4.78 is 1.37. The van der Waals surface area contributed by atoms with E-state index >= 15 is 0 Å². The van der Waals surface area contributed by atoms with E-state index in [0.29, 0.717) is 6.42 Å². The first-order valence-electron chi connectivity index (χ1n) is 7.71. The Balaban J connectivity index is 2.46. The van der Waals surface area contributed by atoms with Crippen molar-refractivity contribution in [3.8, 4) is 0 Å². The molecular weight excluding hydrogens is 308 g/mol. The molecule has 0 atom stereocenters. The van der Waals surface area contributed by atoms with Crippen LogP contribution in [-0.4, -0.2) is 35.0 Å². The molecule has 1 amide bonds. The summed E-state index contributed by atoms with van der Waals surface area (Å²) in [4.78, 5) is 36.7. The third-order valence-corrected chi connectivity index (χ3v) is 3.64. The van der Waals surface area contributed by atoms with E-state index in [-0.39, 0.29) is 36.5 Å². The highest BCUT2D eigenvalue weighted by molar-refractivity contribution is 6.00. The Kier molecular flexibility index (Phi) is 6.03. The Morgan fingerprint density at radius 3 is 2.54 bits per heavy atom. The van der Waals surface area contributed by atoms with Crippen LogP contribution in [0.1, 0.15) is 39.1 Å². The number of aliphatic hydroxyl groups is 1. The number of hydrogen-bond donors (Lipinski definition) is 2. The van der Waals surface area contributed by atoms with Crippen molar-refractivity contribution in [2.75, 3.05) is 13.7 Å². The molecule has 0 spiro atoms. The first-order valence-corrected chi connectivity index (χ1v) is 7.71. The number of nitrogens with one attached hydrogen (secondary N) is 1. The van der Waals surface area contributed by atoms with Crippen molar-refractivity contribution >= 4 is 11.7 Å². The monoisotopic (exact) mass is 328 g/mol. The van der Waals surface area contributed by atoms with Gasteiger partial charge in [0.1, 0.15) is 5.56 Å². The Morgan fingerprint density at radius 1 is 1.21 bits per heavy atom. The van der Waals surface area contributed by atoms with Crippen molar-refractivity contribution in [2.24, 2.45) is 0 Å². The van der Waals surface area contributed by atoms with Crippen LogP contribution in [0.5, 0.6) is 0 Å². The Hall–Kier alpha value is -2.73. The molecule has 0 aliphatic carbocycles. The van der Waals surface area contributed by atoms with Crippen LogP contribution in [0.15, 0.2) is 47.4 Å². The molecule has 6 nitrogen and oxygen atoms in total. The second-order valence-electron chi connectivity index (χ2n) is 5.39. The van der Waals surface area contributed by atoms with Gasteiger partial charge in [-0.25, -0.2) is 0 Å². The number of amides is 1. The van der Waals surface area contributed by atoms with Crippen LogP contribution in [0.3, 0.4) is 0 Å². The largest absolute Gasteiger partial charge is 0.396 e. The SMILES string of the molecule is CNC(=O)c1cc(C(=O)CCCO)cn(Cc2ccccc2)c1=O. The summed E-state index contributed by atoms with van der Waals surface area (Å²) in [5.41, 5.74) is 0.667. The lowest BCUT2D eigenvalue weighted by atomic mass is 10.1. The van der Waals surface area contributed by atoms with Crippen molar-refractivity contribution in [1.29, 1.82) is 0 Å². The number of pyridine rings is 1. The van der Waals surface area contributed by atoms with E-state index in [1.54, 1.807) is 0 Å². The summed E-state index contributed by atoms with van der Waals surface area (Å²) in [5.74, 6) is -0.741. The minimum absolute atomic E-state index is 0.0664. The van der Waals surface area contributed by atoms with Gasteiger partial charge < -0.3 is 15.0 Å². The number of aromatic nitrogens is 1. The van der Waals surface area contributed by atoms with Gasteiger partial charge in [0.05, 0.1) is 6.54 Å². The van der Waals surface area contributed by atoms with Crippen molar-refractivity contribution in [1.82, 2.24) is 9.88 Å². The van der Waals surface area contributed by atoms with Gasteiger partial charge in [0.25, 0.3) is 11.5 Å². The average Bonchev–Trinajstić information content (AvgIpc) is 2.61. The van der Waals surface area contributed by atoms with Crippen molar-refractivity contribution in [3.05, 3.63) is 69.6 Å². The van der Waals surface area contributed by atoms with E-state index in [2.05, 4.69) is 5.32 Å². The molecule has 0 aliphatic rings. The molecule has 0 radical (unpaired) electrons. The summed E-state index contributed by atoms with van der Waals surface area (Å²) >= 11 is 0. The zero-order valence-electron chi connectivity index (χ0n) is 13.5. The maximum Gasteiger partial charge on any atom is 0.263 e. The number of rotatable bonds is 7. The quantitative estimate of drug-likeness (QED) is 0.748. The fraction of sp³-hybridized carbons (Fsp3) is 0.278. The third-order valence-electron chi connectivity index (χ3n) is 3.64. The molecule has 1 aromatic carbocycles. The molecule has 6 heteroatoms. The fourth-order valence-electron chi connectivity index (χ4n) is 2.37. The number of benzene rings is 1. The predicted molar refractivity (Wildman–Crippen MR) is 90.3 cm³/mol. The average molecular weight is 328 g/mol. The zero-order chi connectivity index (χ0) is 17.5. The van der Waals surface area contributed by atoms with E-state index in [0.717, 1.165) is 5.56 Å². The highest BCUT2D eigenvalue weighted by atomic mass is 16.3.